The van der Waals surface area contributed by atoms with Gasteiger partial charge in [0.05, 0.1) is 0 Å². The highest BCUT2D eigenvalue weighted by molar-refractivity contribution is 7.77. The van der Waals surface area contributed by atoms with Gasteiger partial charge in [-0.05, 0) is 53.6 Å². The quantitative estimate of drug-likeness (QED) is 0.377. The lowest BCUT2D eigenvalue weighted by atomic mass is 10.1. The molecule has 2 heteroatoms. The molecule has 3 aromatic rings. The van der Waals surface area contributed by atoms with E-state index in [4.69, 9.17) is 0 Å². The van der Waals surface area contributed by atoms with Crippen molar-refractivity contribution in [2.24, 2.45) is 0 Å². The van der Waals surface area contributed by atoms with Crippen LogP contribution < -0.4 is 0 Å². The van der Waals surface area contributed by atoms with Crippen LogP contribution in [0.4, 0.5) is 0 Å². The number of rotatable bonds is 2. The molecule has 0 saturated carbocycles. The second kappa shape index (κ2) is 8.91. The van der Waals surface area contributed by atoms with Crippen LogP contribution in [0.1, 0.15) is 23.6 Å². The van der Waals surface area contributed by atoms with Crippen LogP contribution in [0.2, 0.25) is 0 Å². The van der Waals surface area contributed by atoms with Gasteiger partial charge < -0.3 is 0 Å². The molecule has 0 aliphatic rings. The standard InChI is InChI=1S/C25H19OP/c1-22(25-15-9-4-10-16-25)21-27(26,19-17-23-11-5-2-6-12-23)20-18-24-13-7-3-8-14-24/h2-16,21H,1H3. The third-order valence-corrected chi connectivity index (χ3v) is 5.52. The van der Waals surface area contributed by atoms with Gasteiger partial charge in [-0.25, -0.2) is 0 Å². The molecule has 0 amide bonds. The van der Waals surface area contributed by atoms with Crippen LogP contribution in [-0.2, 0) is 4.57 Å². The molecule has 0 saturated heterocycles. The Morgan fingerprint density at radius 3 is 1.56 bits per heavy atom. The molecule has 3 aromatic carbocycles. The minimum absolute atomic E-state index is 0.824. The number of hydrogen-bond donors (Lipinski definition) is 0. The number of hydrogen-bond acceptors (Lipinski definition) is 1. The topological polar surface area (TPSA) is 17.1 Å². The lowest BCUT2D eigenvalue weighted by molar-refractivity contribution is 0.593. The molecule has 1 nitrogen and oxygen atoms in total. The molecule has 0 radical (unpaired) electrons. The third-order valence-electron chi connectivity index (χ3n) is 3.88. The van der Waals surface area contributed by atoms with E-state index in [1.807, 2.05) is 97.9 Å². The van der Waals surface area contributed by atoms with Gasteiger partial charge in [-0.1, -0.05) is 78.6 Å². The summed E-state index contributed by atoms with van der Waals surface area (Å²) in [6.45, 7) is 1.94. The summed E-state index contributed by atoms with van der Waals surface area (Å²) in [4.78, 5) is 0. The van der Waals surface area contributed by atoms with Crippen LogP contribution in [0.15, 0.2) is 96.8 Å². The molecule has 0 aliphatic carbocycles. The molecule has 27 heavy (non-hydrogen) atoms. The van der Waals surface area contributed by atoms with E-state index in [0.717, 1.165) is 22.3 Å². The zero-order valence-electron chi connectivity index (χ0n) is 15.1. The molecule has 0 atom stereocenters. The van der Waals surface area contributed by atoms with Crippen molar-refractivity contribution < 1.29 is 4.57 Å². The Labute approximate surface area is 161 Å². The van der Waals surface area contributed by atoms with Crippen molar-refractivity contribution in [3.05, 3.63) is 114 Å². The Kier molecular flexibility index (Phi) is 6.12. The second-order valence-electron chi connectivity index (χ2n) is 6.04. The van der Waals surface area contributed by atoms with Gasteiger partial charge in [0.15, 0.2) is 0 Å². The molecular formula is C25H19OP. The highest BCUT2D eigenvalue weighted by atomic mass is 31.2. The van der Waals surface area contributed by atoms with E-state index < -0.39 is 7.14 Å². The van der Waals surface area contributed by atoms with Crippen LogP contribution in [0.3, 0.4) is 0 Å². The average Bonchev–Trinajstić information content (AvgIpc) is 2.73. The summed E-state index contributed by atoms with van der Waals surface area (Å²) < 4.78 is 13.5. The largest absolute Gasteiger partial charge is 0.292 e. The van der Waals surface area contributed by atoms with E-state index >= 15 is 0 Å². The Balaban J connectivity index is 2.03. The summed E-state index contributed by atoms with van der Waals surface area (Å²) in [7, 11) is -3.16. The first-order valence-electron chi connectivity index (χ1n) is 8.66. The summed E-state index contributed by atoms with van der Waals surface area (Å²) in [6.07, 6.45) is 0. The van der Waals surface area contributed by atoms with Gasteiger partial charge in [-0.2, -0.15) is 0 Å². The van der Waals surface area contributed by atoms with E-state index in [2.05, 4.69) is 23.2 Å². The molecule has 0 aromatic heterocycles. The summed E-state index contributed by atoms with van der Waals surface area (Å²) in [6, 6.07) is 29.0. The second-order valence-corrected chi connectivity index (χ2v) is 8.06. The van der Waals surface area contributed by atoms with Crippen LogP contribution in [0.25, 0.3) is 5.57 Å². The van der Waals surface area contributed by atoms with Gasteiger partial charge in [0.1, 0.15) is 0 Å². The SMILES string of the molecule is CC(=CP(=O)(C#Cc1ccccc1)C#Cc1ccccc1)c1ccccc1. The molecule has 0 unspecified atom stereocenters. The van der Waals surface area contributed by atoms with E-state index in [9.17, 15) is 4.57 Å². The van der Waals surface area contributed by atoms with E-state index in [-0.39, 0.29) is 0 Å². The fourth-order valence-electron chi connectivity index (χ4n) is 2.48. The number of allylic oxidation sites excluding steroid dienone is 1. The Hall–Kier alpha value is -3.25. The van der Waals surface area contributed by atoms with Crippen molar-refractivity contribution in [3.8, 4) is 23.2 Å². The Bertz CT molecular complexity index is 1030. The lowest BCUT2D eigenvalue weighted by Gasteiger charge is -2.04. The minimum Gasteiger partial charge on any atom is -0.292 e. The first-order valence-corrected chi connectivity index (χ1v) is 10.4. The average molecular weight is 366 g/mol. The molecule has 0 heterocycles. The maximum atomic E-state index is 13.5. The van der Waals surface area contributed by atoms with Crippen LogP contribution >= 0.6 is 7.14 Å². The van der Waals surface area contributed by atoms with Crippen molar-refractivity contribution >= 4 is 12.7 Å². The van der Waals surface area contributed by atoms with Crippen molar-refractivity contribution in [2.75, 3.05) is 0 Å². The summed E-state index contributed by atoms with van der Waals surface area (Å²) in [5.41, 5.74) is 9.45. The fourth-order valence-corrected chi connectivity index (χ4v) is 3.95. The van der Waals surface area contributed by atoms with E-state index in [1.54, 1.807) is 5.82 Å². The third kappa shape index (κ3) is 5.62. The molecule has 0 spiro atoms. The number of benzene rings is 3. The predicted octanol–water partition coefficient (Wildman–Crippen LogP) is 6.43. The normalized spacial score (nSPS) is 10.9. The molecule has 130 valence electrons. The Morgan fingerprint density at radius 2 is 1.11 bits per heavy atom. The van der Waals surface area contributed by atoms with E-state index in [1.165, 1.54) is 0 Å². The summed E-state index contributed by atoms with van der Waals surface area (Å²) in [5.74, 6) is 7.75. The monoisotopic (exact) mass is 366 g/mol. The minimum atomic E-state index is -3.16. The lowest BCUT2D eigenvalue weighted by Crippen LogP contribution is -1.80. The van der Waals surface area contributed by atoms with Gasteiger partial charge in [0, 0.05) is 16.9 Å². The molecule has 0 N–H and O–H groups in total. The Morgan fingerprint density at radius 1 is 0.704 bits per heavy atom. The van der Waals surface area contributed by atoms with Gasteiger partial charge in [-0.15, -0.1) is 0 Å². The summed E-state index contributed by atoms with van der Waals surface area (Å²) >= 11 is 0. The molecular weight excluding hydrogens is 347 g/mol. The summed E-state index contributed by atoms with van der Waals surface area (Å²) in [5, 5.41) is 0. The highest BCUT2D eigenvalue weighted by Gasteiger charge is 2.13. The van der Waals surface area contributed by atoms with E-state index in [0.29, 0.717) is 0 Å². The first kappa shape index (κ1) is 18.5. The van der Waals surface area contributed by atoms with Gasteiger partial charge in [0.2, 0.25) is 7.14 Å². The van der Waals surface area contributed by atoms with Crippen molar-refractivity contribution in [2.45, 2.75) is 6.92 Å². The maximum Gasteiger partial charge on any atom is 0.244 e. The van der Waals surface area contributed by atoms with Crippen LogP contribution in [0.5, 0.6) is 0 Å². The van der Waals surface area contributed by atoms with Gasteiger partial charge in [-0.3, -0.25) is 4.57 Å². The van der Waals surface area contributed by atoms with Crippen LogP contribution in [0, 0.1) is 23.2 Å². The van der Waals surface area contributed by atoms with Gasteiger partial charge in [0.25, 0.3) is 0 Å². The zero-order valence-corrected chi connectivity index (χ0v) is 16.0. The molecule has 3 rings (SSSR count). The first-order chi connectivity index (χ1) is 13.1. The van der Waals surface area contributed by atoms with Gasteiger partial charge >= 0.3 is 0 Å². The smallest absolute Gasteiger partial charge is 0.244 e. The maximum absolute atomic E-state index is 13.5. The molecule has 0 aliphatic heterocycles. The fraction of sp³-hybridized carbons (Fsp3) is 0.0400. The van der Waals surface area contributed by atoms with Crippen LogP contribution in [-0.4, -0.2) is 0 Å². The molecule has 0 bridgehead atoms. The van der Waals surface area contributed by atoms with Crippen molar-refractivity contribution in [1.82, 2.24) is 0 Å². The van der Waals surface area contributed by atoms with Crippen molar-refractivity contribution in [1.29, 1.82) is 0 Å². The highest BCUT2D eigenvalue weighted by Crippen LogP contribution is 2.47. The predicted molar refractivity (Wildman–Crippen MR) is 114 cm³/mol. The van der Waals surface area contributed by atoms with Crippen molar-refractivity contribution in [3.63, 3.8) is 0 Å². The molecule has 0 fully saturated rings. The zero-order chi connectivity index (χ0) is 19.0.